The van der Waals surface area contributed by atoms with Crippen LogP contribution in [0.15, 0.2) is 24.3 Å². The van der Waals surface area contributed by atoms with Crippen molar-refractivity contribution in [1.82, 2.24) is 0 Å². The number of ether oxygens (including phenoxy) is 1. The molecule has 0 radical (unpaired) electrons. The number of nitrogens with one attached hydrogen (secondary N) is 1. The van der Waals surface area contributed by atoms with E-state index < -0.39 is 0 Å². The van der Waals surface area contributed by atoms with Crippen LogP contribution in [0, 0.1) is 0 Å². The van der Waals surface area contributed by atoms with Crippen LogP contribution in [0.25, 0.3) is 0 Å². The predicted octanol–water partition coefficient (Wildman–Crippen LogP) is 3.36. The highest BCUT2D eigenvalue weighted by Gasteiger charge is 2.16. The molecule has 1 saturated carbocycles. The largest absolute Gasteiger partial charge is 0.490 e. The molecule has 0 spiro atoms. The summed E-state index contributed by atoms with van der Waals surface area (Å²) in [5, 5.41) is 2.84. The van der Waals surface area contributed by atoms with Gasteiger partial charge >= 0.3 is 0 Å². The lowest BCUT2D eigenvalue weighted by Crippen LogP contribution is -2.12. The molecule has 3 heteroatoms. The van der Waals surface area contributed by atoms with Crippen molar-refractivity contribution >= 4 is 11.6 Å². The van der Waals surface area contributed by atoms with Crippen LogP contribution >= 0.6 is 0 Å². The second kappa shape index (κ2) is 5.71. The molecule has 1 fully saturated rings. The number of anilines is 1. The van der Waals surface area contributed by atoms with E-state index in [9.17, 15) is 4.79 Å². The standard InChI is InChI=1S/C14H19NO2/c1-2-14(16)15-11-6-5-9-13(10-11)17-12-7-3-4-8-12/h5-6,9-10,12H,2-4,7-8H2,1H3,(H,15,16). The van der Waals surface area contributed by atoms with E-state index in [4.69, 9.17) is 4.74 Å². The zero-order valence-corrected chi connectivity index (χ0v) is 10.2. The van der Waals surface area contributed by atoms with Gasteiger partial charge in [-0.25, -0.2) is 0 Å². The first kappa shape index (κ1) is 12.0. The van der Waals surface area contributed by atoms with E-state index in [0.717, 1.165) is 24.3 Å². The van der Waals surface area contributed by atoms with E-state index in [1.54, 1.807) is 0 Å². The first-order valence-corrected chi connectivity index (χ1v) is 6.34. The van der Waals surface area contributed by atoms with Crippen LogP contribution in [-0.2, 0) is 4.79 Å². The smallest absolute Gasteiger partial charge is 0.224 e. The normalized spacial score (nSPS) is 15.8. The van der Waals surface area contributed by atoms with Gasteiger partial charge in [-0.15, -0.1) is 0 Å². The van der Waals surface area contributed by atoms with E-state index in [1.165, 1.54) is 12.8 Å². The summed E-state index contributed by atoms with van der Waals surface area (Å²) in [6, 6.07) is 7.64. The summed E-state index contributed by atoms with van der Waals surface area (Å²) in [5.41, 5.74) is 0.812. The fourth-order valence-corrected chi connectivity index (χ4v) is 2.10. The first-order chi connectivity index (χ1) is 8.28. The molecule has 3 nitrogen and oxygen atoms in total. The Morgan fingerprint density at radius 3 is 2.88 bits per heavy atom. The van der Waals surface area contributed by atoms with Gasteiger partial charge in [-0.3, -0.25) is 4.79 Å². The van der Waals surface area contributed by atoms with Gasteiger partial charge in [-0.2, -0.15) is 0 Å². The van der Waals surface area contributed by atoms with Crippen molar-refractivity contribution in [2.24, 2.45) is 0 Å². The quantitative estimate of drug-likeness (QED) is 0.866. The molecule has 0 bridgehead atoms. The third-order valence-electron chi connectivity index (χ3n) is 3.04. The summed E-state index contributed by atoms with van der Waals surface area (Å²) in [7, 11) is 0. The molecule has 1 aliphatic carbocycles. The molecule has 0 atom stereocenters. The van der Waals surface area contributed by atoms with Gasteiger partial charge in [0.25, 0.3) is 0 Å². The fraction of sp³-hybridized carbons (Fsp3) is 0.500. The molecule has 92 valence electrons. The van der Waals surface area contributed by atoms with Crippen LogP contribution in [0.5, 0.6) is 5.75 Å². The highest BCUT2D eigenvalue weighted by molar-refractivity contribution is 5.90. The SMILES string of the molecule is CCC(=O)Nc1cccc(OC2CCCC2)c1. The molecular weight excluding hydrogens is 214 g/mol. The van der Waals surface area contributed by atoms with Gasteiger partial charge in [-0.05, 0) is 37.8 Å². The summed E-state index contributed by atoms with van der Waals surface area (Å²) in [5.74, 6) is 0.883. The molecule has 0 unspecified atom stereocenters. The zero-order valence-electron chi connectivity index (χ0n) is 10.2. The maximum Gasteiger partial charge on any atom is 0.224 e. The maximum absolute atomic E-state index is 11.3. The Labute approximate surface area is 102 Å². The van der Waals surface area contributed by atoms with Gasteiger partial charge in [0.1, 0.15) is 5.75 Å². The molecule has 0 saturated heterocycles. The summed E-state index contributed by atoms with van der Waals surface area (Å²) in [6.07, 6.45) is 5.66. The van der Waals surface area contributed by atoms with E-state index in [0.29, 0.717) is 12.5 Å². The van der Waals surface area contributed by atoms with Gasteiger partial charge in [0.05, 0.1) is 6.10 Å². The highest BCUT2D eigenvalue weighted by Crippen LogP contribution is 2.25. The molecule has 17 heavy (non-hydrogen) atoms. The maximum atomic E-state index is 11.3. The van der Waals surface area contributed by atoms with E-state index in [-0.39, 0.29) is 5.91 Å². The van der Waals surface area contributed by atoms with Crippen molar-refractivity contribution in [1.29, 1.82) is 0 Å². The summed E-state index contributed by atoms with van der Waals surface area (Å²) < 4.78 is 5.88. The molecule has 1 aromatic rings. The number of carbonyl (C=O) groups is 1. The second-order valence-electron chi connectivity index (χ2n) is 4.45. The Morgan fingerprint density at radius 2 is 2.18 bits per heavy atom. The Morgan fingerprint density at radius 1 is 1.41 bits per heavy atom. The Balaban J connectivity index is 1.97. The van der Waals surface area contributed by atoms with Crippen LogP contribution in [0.2, 0.25) is 0 Å². The average molecular weight is 233 g/mol. The van der Waals surface area contributed by atoms with Gasteiger partial charge < -0.3 is 10.1 Å². The number of carbonyl (C=O) groups excluding carboxylic acids is 1. The number of hydrogen-bond acceptors (Lipinski definition) is 2. The molecule has 1 N–H and O–H groups in total. The van der Waals surface area contributed by atoms with Crippen molar-refractivity contribution < 1.29 is 9.53 Å². The van der Waals surface area contributed by atoms with Crippen LogP contribution in [0.4, 0.5) is 5.69 Å². The topological polar surface area (TPSA) is 38.3 Å². The van der Waals surface area contributed by atoms with Gasteiger partial charge in [0, 0.05) is 18.2 Å². The molecule has 1 aromatic carbocycles. The Bertz CT molecular complexity index is 384. The third kappa shape index (κ3) is 3.48. The monoisotopic (exact) mass is 233 g/mol. The van der Waals surface area contributed by atoms with E-state index in [2.05, 4.69) is 5.32 Å². The Kier molecular flexibility index (Phi) is 4.02. The van der Waals surface area contributed by atoms with Crippen LogP contribution < -0.4 is 10.1 Å². The molecule has 2 rings (SSSR count). The minimum atomic E-state index is 0.0306. The van der Waals surface area contributed by atoms with Crippen molar-refractivity contribution in [3.8, 4) is 5.75 Å². The minimum Gasteiger partial charge on any atom is -0.490 e. The Hall–Kier alpha value is -1.51. The number of hydrogen-bond donors (Lipinski definition) is 1. The molecule has 0 aromatic heterocycles. The first-order valence-electron chi connectivity index (χ1n) is 6.34. The summed E-state index contributed by atoms with van der Waals surface area (Å²) >= 11 is 0. The van der Waals surface area contributed by atoms with E-state index >= 15 is 0 Å². The van der Waals surface area contributed by atoms with Crippen LogP contribution in [0.1, 0.15) is 39.0 Å². The lowest BCUT2D eigenvalue weighted by molar-refractivity contribution is -0.115. The molecular formula is C14H19NO2. The van der Waals surface area contributed by atoms with Gasteiger partial charge in [-0.1, -0.05) is 13.0 Å². The van der Waals surface area contributed by atoms with Crippen molar-refractivity contribution in [3.63, 3.8) is 0 Å². The molecule has 0 heterocycles. The lowest BCUT2D eigenvalue weighted by Gasteiger charge is -2.14. The molecule has 1 aliphatic rings. The lowest BCUT2D eigenvalue weighted by atomic mass is 10.2. The number of amides is 1. The highest BCUT2D eigenvalue weighted by atomic mass is 16.5. The number of benzene rings is 1. The van der Waals surface area contributed by atoms with Crippen molar-refractivity contribution in [2.75, 3.05) is 5.32 Å². The van der Waals surface area contributed by atoms with Gasteiger partial charge in [0.2, 0.25) is 5.91 Å². The second-order valence-corrected chi connectivity index (χ2v) is 4.45. The van der Waals surface area contributed by atoms with Crippen molar-refractivity contribution in [3.05, 3.63) is 24.3 Å². The number of rotatable bonds is 4. The predicted molar refractivity (Wildman–Crippen MR) is 68.2 cm³/mol. The van der Waals surface area contributed by atoms with Crippen molar-refractivity contribution in [2.45, 2.75) is 45.1 Å². The van der Waals surface area contributed by atoms with Crippen LogP contribution in [0.3, 0.4) is 0 Å². The molecule has 0 aliphatic heterocycles. The molecule has 1 amide bonds. The van der Waals surface area contributed by atoms with Gasteiger partial charge in [0.15, 0.2) is 0 Å². The zero-order chi connectivity index (χ0) is 12.1. The van der Waals surface area contributed by atoms with Crippen LogP contribution in [-0.4, -0.2) is 12.0 Å². The van der Waals surface area contributed by atoms with E-state index in [1.807, 2.05) is 31.2 Å². The summed E-state index contributed by atoms with van der Waals surface area (Å²) in [4.78, 5) is 11.3. The minimum absolute atomic E-state index is 0.0306. The average Bonchev–Trinajstić information content (AvgIpc) is 2.82. The fourth-order valence-electron chi connectivity index (χ4n) is 2.10. The summed E-state index contributed by atoms with van der Waals surface area (Å²) in [6.45, 7) is 1.84. The third-order valence-corrected chi connectivity index (χ3v) is 3.04.